The van der Waals surface area contributed by atoms with Gasteiger partial charge in [0, 0.05) is 13.2 Å². The van der Waals surface area contributed by atoms with Crippen molar-refractivity contribution in [2.45, 2.75) is 175 Å². The Balaban J connectivity index is 3.78. The van der Waals surface area contributed by atoms with E-state index >= 15 is 0 Å². The summed E-state index contributed by atoms with van der Waals surface area (Å²) in [4.78, 5) is 0. The van der Waals surface area contributed by atoms with E-state index in [0.29, 0.717) is 6.79 Å². The van der Waals surface area contributed by atoms with Gasteiger partial charge in [0.25, 0.3) is 0 Å². The molecule has 0 amide bonds. The minimum absolute atomic E-state index is 0.0356. The zero-order chi connectivity index (χ0) is 26.9. The Labute approximate surface area is 232 Å². The van der Waals surface area contributed by atoms with E-state index in [-0.39, 0.29) is 6.29 Å². The fraction of sp³-hybridized carbons (Fsp3) is 0.939. The molecule has 4 heteroatoms. The molecule has 0 aliphatic rings. The van der Waals surface area contributed by atoms with Gasteiger partial charge in [0.2, 0.25) is 0 Å². The summed E-state index contributed by atoms with van der Waals surface area (Å²) in [6.45, 7) is 9.64. The summed E-state index contributed by atoms with van der Waals surface area (Å²) in [6, 6.07) is 0. The van der Waals surface area contributed by atoms with E-state index in [9.17, 15) is 0 Å². The van der Waals surface area contributed by atoms with Crippen molar-refractivity contribution in [1.82, 2.24) is 0 Å². The van der Waals surface area contributed by atoms with Crippen molar-refractivity contribution in [2.24, 2.45) is 0 Å². The summed E-state index contributed by atoms with van der Waals surface area (Å²) in [5.41, 5.74) is 0. The monoisotopic (exact) mass is 526 g/mol. The maximum Gasteiger partial charge on any atom is 0.188 e. The third-order valence-corrected chi connectivity index (χ3v) is 6.90. The predicted octanol–water partition coefficient (Wildman–Crippen LogP) is 10.9. The molecule has 4 nitrogen and oxygen atoms in total. The van der Waals surface area contributed by atoms with Crippen LogP contribution in [0, 0.1) is 0 Å². The second kappa shape index (κ2) is 33.4. The van der Waals surface area contributed by atoms with E-state index in [4.69, 9.17) is 18.9 Å². The third kappa shape index (κ3) is 31.5. The van der Waals surface area contributed by atoms with E-state index in [1.165, 1.54) is 103 Å². The zero-order valence-electron chi connectivity index (χ0n) is 25.5. The molecule has 0 saturated carbocycles. The molecule has 0 aliphatic heterocycles. The lowest BCUT2D eigenvalue weighted by molar-refractivity contribution is -0.148. The van der Waals surface area contributed by atoms with Gasteiger partial charge in [-0.2, -0.15) is 0 Å². The Kier molecular flexibility index (Phi) is 32.9. The minimum Gasteiger partial charge on any atom is -0.475 e. The van der Waals surface area contributed by atoms with Crippen LogP contribution in [0.4, 0.5) is 0 Å². The van der Waals surface area contributed by atoms with Crippen LogP contribution in [0.25, 0.3) is 0 Å². The number of ether oxygens (including phenoxy) is 4. The maximum absolute atomic E-state index is 6.14. The first-order valence-electron chi connectivity index (χ1n) is 16.4. The van der Waals surface area contributed by atoms with Gasteiger partial charge in [0.1, 0.15) is 0 Å². The second-order valence-electron chi connectivity index (χ2n) is 10.7. The van der Waals surface area contributed by atoms with Crippen LogP contribution in [0.3, 0.4) is 0 Å². The molecule has 0 saturated heterocycles. The van der Waals surface area contributed by atoms with Crippen LogP contribution in [0.1, 0.15) is 168 Å². The highest BCUT2D eigenvalue weighted by Gasteiger charge is 2.09. The van der Waals surface area contributed by atoms with Crippen molar-refractivity contribution in [1.29, 1.82) is 0 Å². The van der Waals surface area contributed by atoms with Crippen molar-refractivity contribution in [3.63, 3.8) is 0 Å². The Hall–Kier alpha value is -0.580. The highest BCUT2D eigenvalue weighted by molar-refractivity contribution is 4.72. The van der Waals surface area contributed by atoms with E-state index in [1.54, 1.807) is 6.26 Å². The average Bonchev–Trinajstić information content (AvgIpc) is 2.91. The van der Waals surface area contributed by atoms with E-state index in [1.807, 2.05) is 0 Å². The molecule has 222 valence electrons. The fourth-order valence-electron chi connectivity index (χ4n) is 4.43. The Morgan fingerprint density at radius 3 is 1.46 bits per heavy atom. The molecule has 0 radical (unpaired) electrons. The third-order valence-electron chi connectivity index (χ3n) is 6.90. The predicted molar refractivity (Wildman–Crippen MR) is 160 cm³/mol. The SMILES string of the molecule is CCCCCCCCCOCOC=CCCCCC(OCCCCCCCC)OCCCCCCCC. The largest absolute Gasteiger partial charge is 0.475 e. The molecule has 0 aromatic rings. The van der Waals surface area contributed by atoms with E-state index < -0.39 is 0 Å². The van der Waals surface area contributed by atoms with Gasteiger partial charge in [0.15, 0.2) is 13.1 Å². The van der Waals surface area contributed by atoms with Gasteiger partial charge in [-0.1, -0.05) is 124 Å². The molecule has 0 N–H and O–H groups in total. The topological polar surface area (TPSA) is 36.9 Å². The zero-order valence-corrected chi connectivity index (χ0v) is 25.5. The normalized spacial score (nSPS) is 11.8. The molecule has 0 aromatic carbocycles. The lowest BCUT2D eigenvalue weighted by atomic mass is 10.1. The van der Waals surface area contributed by atoms with Gasteiger partial charge < -0.3 is 18.9 Å². The van der Waals surface area contributed by atoms with Crippen molar-refractivity contribution >= 4 is 0 Å². The number of rotatable bonds is 32. The lowest BCUT2D eigenvalue weighted by Gasteiger charge is -2.19. The number of hydrogen-bond donors (Lipinski definition) is 0. The highest BCUT2D eigenvalue weighted by Crippen LogP contribution is 2.13. The molecule has 0 spiro atoms. The van der Waals surface area contributed by atoms with Gasteiger partial charge in [0.05, 0.1) is 12.9 Å². The number of allylic oxidation sites excluding steroid dienone is 1. The molecule has 0 atom stereocenters. The first-order chi connectivity index (χ1) is 18.3. The van der Waals surface area contributed by atoms with Gasteiger partial charge in [-0.3, -0.25) is 0 Å². The molecule has 0 aromatic heterocycles. The van der Waals surface area contributed by atoms with Crippen molar-refractivity contribution < 1.29 is 18.9 Å². The Bertz CT molecular complexity index is 409. The highest BCUT2D eigenvalue weighted by atomic mass is 16.7. The van der Waals surface area contributed by atoms with Gasteiger partial charge >= 0.3 is 0 Å². The summed E-state index contributed by atoms with van der Waals surface area (Å²) in [6.07, 6.45) is 32.9. The number of unbranched alkanes of at least 4 members (excludes halogenated alkanes) is 18. The molecule has 0 unspecified atom stereocenters. The van der Waals surface area contributed by atoms with Crippen LogP contribution >= 0.6 is 0 Å². The van der Waals surface area contributed by atoms with Crippen LogP contribution in [0.15, 0.2) is 12.3 Å². The average molecular weight is 527 g/mol. The molecular weight excluding hydrogens is 460 g/mol. The molecular formula is C33H66O4. The van der Waals surface area contributed by atoms with E-state index in [0.717, 1.165) is 64.8 Å². The van der Waals surface area contributed by atoms with Crippen LogP contribution in [-0.4, -0.2) is 32.9 Å². The molecule has 0 rings (SSSR count). The smallest absolute Gasteiger partial charge is 0.188 e. The minimum atomic E-state index is -0.0356. The Morgan fingerprint density at radius 1 is 0.486 bits per heavy atom. The fourth-order valence-corrected chi connectivity index (χ4v) is 4.43. The second-order valence-corrected chi connectivity index (χ2v) is 10.7. The van der Waals surface area contributed by atoms with Gasteiger partial charge in [-0.05, 0) is 51.0 Å². The molecule has 37 heavy (non-hydrogen) atoms. The van der Waals surface area contributed by atoms with Crippen LogP contribution in [0.5, 0.6) is 0 Å². The van der Waals surface area contributed by atoms with Crippen LogP contribution < -0.4 is 0 Å². The summed E-state index contributed by atoms with van der Waals surface area (Å²) >= 11 is 0. The van der Waals surface area contributed by atoms with Crippen molar-refractivity contribution in [3.05, 3.63) is 12.3 Å². The first kappa shape index (κ1) is 36.4. The molecule has 0 aliphatic carbocycles. The van der Waals surface area contributed by atoms with E-state index in [2.05, 4.69) is 26.8 Å². The molecule has 0 bridgehead atoms. The quantitative estimate of drug-likeness (QED) is 0.0496. The maximum atomic E-state index is 6.14. The van der Waals surface area contributed by atoms with Crippen LogP contribution in [0.2, 0.25) is 0 Å². The lowest BCUT2D eigenvalue weighted by Crippen LogP contribution is -2.19. The molecule has 0 fully saturated rings. The van der Waals surface area contributed by atoms with Crippen molar-refractivity contribution in [2.75, 3.05) is 26.6 Å². The first-order valence-corrected chi connectivity index (χ1v) is 16.4. The van der Waals surface area contributed by atoms with Gasteiger partial charge in [-0.15, -0.1) is 0 Å². The molecule has 0 heterocycles. The standard InChI is InChI=1S/C33H66O4/c1-4-7-10-13-16-18-23-28-34-32-35-29-24-21-17-22-27-33(36-30-25-19-14-11-8-5-2)37-31-26-20-15-12-9-6-3/h24,29,33H,4-23,25-28,30-32H2,1-3H3. The number of hydrogen-bond acceptors (Lipinski definition) is 4. The summed E-state index contributed by atoms with van der Waals surface area (Å²) in [7, 11) is 0. The summed E-state index contributed by atoms with van der Waals surface area (Å²) < 4.78 is 23.3. The van der Waals surface area contributed by atoms with Gasteiger partial charge in [-0.25, -0.2) is 0 Å². The Morgan fingerprint density at radius 2 is 0.946 bits per heavy atom. The van der Waals surface area contributed by atoms with Crippen LogP contribution in [-0.2, 0) is 18.9 Å². The summed E-state index contributed by atoms with van der Waals surface area (Å²) in [5.74, 6) is 0. The van der Waals surface area contributed by atoms with Crippen molar-refractivity contribution in [3.8, 4) is 0 Å². The summed E-state index contributed by atoms with van der Waals surface area (Å²) in [5, 5.41) is 0.